The van der Waals surface area contributed by atoms with Crippen LogP contribution in [0.25, 0.3) is 0 Å². The Hall–Kier alpha value is -1.06. The van der Waals surface area contributed by atoms with E-state index in [2.05, 4.69) is 12.2 Å². The van der Waals surface area contributed by atoms with Crippen LogP contribution in [0.15, 0.2) is 0 Å². The third-order valence-electron chi connectivity index (χ3n) is 6.40. The summed E-state index contributed by atoms with van der Waals surface area (Å²) in [6, 6.07) is 0.259. The first kappa shape index (κ1) is 16.8. The molecule has 2 aliphatic carbocycles. The van der Waals surface area contributed by atoms with Crippen LogP contribution < -0.4 is 5.32 Å². The molecule has 0 aromatic rings. The van der Waals surface area contributed by atoms with Gasteiger partial charge >= 0.3 is 0 Å². The molecule has 3 unspecified atom stereocenters. The van der Waals surface area contributed by atoms with Crippen LogP contribution in [0.2, 0.25) is 0 Å². The van der Waals surface area contributed by atoms with E-state index in [-0.39, 0.29) is 23.3 Å². The SMILES string of the molecule is CC(=O)N1CCC(NC(=O)CC23CCCC(CC(C)C2)C3)CC1. The monoisotopic (exact) mass is 320 g/mol. The summed E-state index contributed by atoms with van der Waals surface area (Å²) in [6.07, 6.45) is 10.3. The molecule has 2 amide bonds. The molecule has 3 aliphatic rings. The van der Waals surface area contributed by atoms with Crippen LogP contribution in [0, 0.1) is 17.3 Å². The normalized spacial score (nSPS) is 35.0. The Kier molecular flexibility index (Phi) is 4.98. The van der Waals surface area contributed by atoms with Gasteiger partial charge < -0.3 is 10.2 Å². The molecule has 1 heterocycles. The van der Waals surface area contributed by atoms with Gasteiger partial charge in [-0.2, -0.15) is 0 Å². The summed E-state index contributed by atoms with van der Waals surface area (Å²) in [5.74, 6) is 2.04. The van der Waals surface area contributed by atoms with Crippen molar-refractivity contribution in [2.24, 2.45) is 17.3 Å². The van der Waals surface area contributed by atoms with E-state index in [9.17, 15) is 9.59 Å². The van der Waals surface area contributed by atoms with Crippen LogP contribution in [-0.2, 0) is 9.59 Å². The molecule has 1 aliphatic heterocycles. The first-order chi connectivity index (χ1) is 11.0. The van der Waals surface area contributed by atoms with E-state index in [0.717, 1.165) is 44.2 Å². The van der Waals surface area contributed by atoms with Crippen LogP contribution in [-0.4, -0.2) is 35.8 Å². The van der Waals surface area contributed by atoms with E-state index in [1.807, 2.05) is 4.90 Å². The van der Waals surface area contributed by atoms with Gasteiger partial charge in [0, 0.05) is 32.5 Å². The number of carbonyl (C=O) groups excluding carboxylic acids is 2. The molecule has 3 atom stereocenters. The number of carbonyl (C=O) groups is 2. The molecule has 23 heavy (non-hydrogen) atoms. The van der Waals surface area contributed by atoms with E-state index in [1.165, 1.54) is 38.5 Å². The van der Waals surface area contributed by atoms with Crippen molar-refractivity contribution in [2.45, 2.75) is 77.7 Å². The summed E-state index contributed by atoms with van der Waals surface area (Å²) in [5, 5.41) is 3.26. The van der Waals surface area contributed by atoms with Gasteiger partial charge in [0.05, 0.1) is 0 Å². The van der Waals surface area contributed by atoms with Gasteiger partial charge in [-0.15, -0.1) is 0 Å². The maximum absolute atomic E-state index is 12.6. The number of nitrogens with one attached hydrogen (secondary N) is 1. The summed E-state index contributed by atoms with van der Waals surface area (Å²) < 4.78 is 0. The lowest BCUT2D eigenvalue weighted by molar-refractivity contribution is -0.130. The van der Waals surface area contributed by atoms with Crippen molar-refractivity contribution in [1.82, 2.24) is 10.2 Å². The molecule has 1 N–H and O–H groups in total. The van der Waals surface area contributed by atoms with E-state index >= 15 is 0 Å². The maximum atomic E-state index is 12.6. The Morgan fingerprint density at radius 2 is 1.91 bits per heavy atom. The molecule has 1 saturated heterocycles. The van der Waals surface area contributed by atoms with Crippen molar-refractivity contribution in [3.05, 3.63) is 0 Å². The number of hydrogen-bond donors (Lipinski definition) is 1. The minimum atomic E-state index is 0.151. The molecule has 3 rings (SSSR count). The highest BCUT2D eigenvalue weighted by atomic mass is 16.2. The fourth-order valence-electron chi connectivity index (χ4n) is 5.55. The van der Waals surface area contributed by atoms with Crippen molar-refractivity contribution in [2.75, 3.05) is 13.1 Å². The van der Waals surface area contributed by atoms with Gasteiger partial charge in [0.1, 0.15) is 0 Å². The third kappa shape index (κ3) is 4.07. The van der Waals surface area contributed by atoms with Crippen LogP contribution in [0.5, 0.6) is 0 Å². The smallest absolute Gasteiger partial charge is 0.220 e. The second-order valence-electron chi connectivity index (χ2n) is 8.53. The molecule has 3 fully saturated rings. The van der Waals surface area contributed by atoms with E-state index in [4.69, 9.17) is 0 Å². The Morgan fingerprint density at radius 1 is 1.17 bits per heavy atom. The fourth-order valence-corrected chi connectivity index (χ4v) is 5.55. The van der Waals surface area contributed by atoms with Gasteiger partial charge in [-0.25, -0.2) is 0 Å². The molecule has 0 aromatic carbocycles. The highest BCUT2D eigenvalue weighted by molar-refractivity contribution is 5.77. The molecule has 0 radical (unpaired) electrons. The van der Waals surface area contributed by atoms with E-state index in [1.54, 1.807) is 6.92 Å². The summed E-state index contributed by atoms with van der Waals surface area (Å²) in [6.45, 7) is 5.55. The third-order valence-corrected chi connectivity index (χ3v) is 6.40. The van der Waals surface area contributed by atoms with Crippen molar-refractivity contribution in [3.8, 4) is 0 Å². The molecular weight excluding hydrogens is 288 g/mol. The lowest BCUT2D eigenvalue weighted by atomic mass is 9.58. The predicted molar refractivity (Wildman–Crippen MR) is 90.8 cm³/mol. The molecule has 2 bridgehead atoms. The number of rotatable bonds is 3. The number of amides is 2. The Balaban J connectivity index is 1.50. The number of nitrogens with zero attached hydrogens (tertiary/aromatic N) is 1. The van der Waals surface area contributed by atoms with Gasteiger partial charge in [-0.1, -0.05) is 19.8 Å². The summed E-state index contributed by atoms with van der Waals surface area (Å²) >= 11 is 0. The molecule has 0 spiro atoms. The minimum Gasteiger partial charge on any atom is -0.353 e. The molecule has 130 valence electrons. The standard InChI is InChI=1S/C19H32N2O2/c1-14-10-16-4-3-7-19(11-14,12-16)13-18(23)20-17-5-8-21(9-6-17)15(2)22/h14,16-17H,3-13H2,1-2H3,(H,20,23). The summed E-state index contributed by atoms with van der Waals surface area (Å²) in [5.41, 5.74) is 0.282. The highest BCUT2D eigenvalue weighted by Gasteiger charge is 2.43. The van der Waals surface area contributed by atoms with Gasteiger partial charge in [-0.3, -0.25) is 9.59 Å². The van der Waals surface area contributed by atoms with Crippen molar-refractivity contribution >= 4 is 11.8 Å². The van der Waals surface area contributed by atoms with E-state index < -0.39 is 0 Å². The summed E-state index contributed by atoms with van der Waals surface area (Å²) in [7, 11) is 0. The van der Waals surface area contributed by atoms with Crippen molar-refractivity contribution in [1.29, 1.82) is 0 Å². The lowest BCUT2D eigenvalue weighted by Gasteiger charge is -2.47. The zero-order valence-corrected chi connectivity index (χ0v) is 14.8. The topological polar surface area (TPSA) is 49.4 Å². The van der Waals surface area contributed by atoms with Crippen LogP contribution in [0.1, 0.15) is 71.6 Å². The van der Waals surface area contributed by atoms with Crippen LogP contribution in [0.4, 0.5) is 0 Å². The molecule has 4 nitrogen and oxygen atoms in total. The first-order valence-electron chi connectivity index (χ1n) is 9.51. The molecule has 0 aromatic heterocycles. The lowest BCUT2D eigenvalue weighted by Crippen LogP contribution is -2.47. The van der Waals surface area contributed by atoms with Gasteiger partial charge in [0.15, 0.2) is 0 Å². The minimum absolute atomic E-state index is 0.151. The quantitative estimate of drug-likeness (QED) is 0.868. The largest absolute Gasteiger partial charge is 0.353 e. The van der Waals surface area contributed by atoms with Gasteiger partial charge in [0.2, 0.25) is 11.8 Å². The van der Waals surface area contributed by atoms with Crippen molar-refractivity contribution in [3.63, 3.8) is 0 Å². The Morgan fingerprint density at radius 3 is 2.61 bits per heavy atom. The van der Waals surface area contributed by atoms with Crippen LogP contribution in [0.3, 0.4) is 0 Å². The van der Waals surface area contributed by atoms with E-state index in [0.29, 0.717) is 0 Å². The first-order valence-corrected chi connectivity index (χ1v) is 9.51. The molecule has 4 heteroatoms. The maximum Gasteiger partial charge on any atom is 0.220 e. The predicted octanol–water partition coefficient (Wildman–Crippen LogP) is 3.11. The number of hydrogen-bond acceptors (Lipinski definition) is 2. The Labute approximate surface area is 140 Å². The highest BCUT2D eigenvalue weighted by Crippen LogP contribution is 2.52. The molecule has 2 saturated carbocycles. The fraction of sp³-hybridized carbons (Fsp3) is 0.895. The number of likely N-dealkylation sites (tertiary alicyclic amines) is 1. The zero-order valence-electron chi connectivity index (χ0n) is 14.8. The zero-order chi connectivity index (χ0) is 16.4. The Bertz CT molecular complexity index is 452. The average Bonchev–Trinajstić information content (AvgIpc) is 2.46. The second kappa shape index (κ2) is 6.82. The number of piperidine rings is 1. The molecular formula is C19H32N2O2. The van der Waals surface area contributed by atoms with Gasteiger partial charge in [-0.05, 0) is 55.8 Å². The number of fused-ring (bicyclic) bond motifs is 2. The van der Waals surface area contributed by atoms with Crippen molar-refractivity contribution < 1.29 is 9.59 Å². The second-order valence-corrected chi connectivity index (χ2v) is 8.53. The van der Waals surface area contributed by atoms with Gasteiger partial charge in [0.25, 0.3) is 0 Å². The van der Waals surface area contributed by atoms with Crippen LogP contribution >= 0.6 is 0 Å². The summed E-state index contributed by atoms with van der Waals surface area (Å²) in [4.78, 5) is 25.9. The average molecular weight is 320 g/mol.